The standard InChI is InChI=1S/C18H23N5O/c1-12(2)17-20-18(24-21-17)15-5-4-7-22(15)10-14-11-23-8-6-13(3)9-16(23)19-14/h6,8-9,11-12,15H,4-5,7,10H2,1-3H3/t15-/m0/s1. The Hall–Kier alpha value is -2.21. The highest BCUT2D eigenvalue weighted by molar-refractivity contribution is 5.42. The molecule has 0 bridgehead atoms. The molecule has 126 valence electrons. The second-order valence-corrected chi connectivity index (χ2v) is 6.98. The number of fused-ring (bicyclic) bond motifs is 1. The third-order valence-corrected chi connectivity index (χ3v) is 4.65. The SMILES string of the molecule is Cc1ccn2cc(CN3CCC[C@H]3c3nc(C(C)C)no3)nc2c1. The number of hydrogen-bond acceptors (Lipinski definition) is 5. The van der Waals surface area contributed by atoms with Crippen molar-refractivity contribution in [2.45, 2.75) is 52.1 Å². The van der Waals surface area contributed by atoms with Crippen LogP contribution in [0.25, 0.3) is 5.65 Å². The van der Waals surface area contributed by atoms with Gasteiger partial charge in [-0.15, -0.1) is 0 Å². The fourth-order valence-electron chi connectivity index (χ4n) is 3.33. The molecule has 4 rings (SSSR count). The van der Waals surface area contributed by atoms with Crippen LogP contribution < -0.4 is 0 Å². The number of aromatic nitrogens is 4. The molecule has 24 heavy (non-hydrogen) atoms. The number of rotatable bonds is 4. The van der Waals surface area contributed by atoms with Crippen molar-refractivity contribution in [3.63, 3.8) is 0 Å². The van der Waals surface area contributed by atoms with E-state index in [9.17, 15) is 0 Å². The summed E-state index contributed by atoms with van der Waals surface area (Å²) < 4.78 is 7.60. The Morgan fingerprint density at radius 2 is 2.21 bits per heavy atom. The Labute approximate surface area is 141 Å². The van der Waals surface area contributed by atoms with Crippen molar-refractivity contribution in [2.75, 3.05) is 6.54 Å². The zero-order valence-electron chi connectivity index (χ0n) is 14.4. The van der Waals surface area contributed by atoms with Crippen LogP contribution in [0, 0.1) is 6.92 Å². The zero-order chi connectivity index (χ0) is 16.7. The lowest BCUT2D eigenvalue weighted by atomic mass is 10.2. The van der Waals surface area contributed by atoms with E-state index >= 15 is 0 Å². The van der Waals surface area contributed by atoms with Crippen molar-refractivity contribution >= 4 is 5.65 Å². The summed E-state index contributed by atoms with van der Waals surface area (Å²) in [5.74, 6) is 1.83. The number of likely N-dealkylation sites (tertiary alicyclic amines) is 1. The second-order valence-electron chi connectivity index (χ2n) is 6.98. The highest BCUT2D eigenvalue weighted by Gasteiger charge is 2.31. The van der Waals surface area contributed by atoms with E-state index in [1.807, 2.05) is 0 Å². The van der Waals surface area contributed by atoms with E-state index in [1.165, 1.54) is 5.56 Å². The Balaban J connectivity index is 1.55. The molecule has 1 atom stereocenters. The third-order valence-electron chi connectivity index (χ3n) is 4.65. The third kappa shape index (κ3) is 2.82. The molecule has 6 heteroatoms. The Kier molecular flexibility index (Phi) is 3.84. The molecule has 0 saturated carbocycles. The molecule has 0 aliphatic carbocycles. The van der Waals surface area contributed by atoms with E-state index in [2.05, 4.69) is 64.7 Å². The summed E-state index contributed by atoms with van der Waals surface area (Å²) in [6.07, 6.45) is 6.38. The zero-order valence-corrected chi connectivity index (χ0v) is 14.4. The van der Waals surface area contributed by atoms with Gasteiger partial charge < -0.3 is 8.92 Å². The lowest BCUT2D eigenvalue weighted by Crippen LogP contribution is -2.23. The van der Waals surface area contributed by atoms with E-state index in [4.69, 9.17) is 9.51 Å². The summed E-state index contributed by atoms with van der Waals surface area (Å²) in [4.78, 5) is 11.7. The van der Waals surface area contributed by atoms with Gasteiger partial charge in [0, 0.05) is 24.9 Å². The minimum absolute atomic E-state index is 0.205. The van der Waals surface area contributed by atoms with Gasteiger partial charge in [-0.3, -0.25) is 4.90 Å². The van der Waals surface area contributed by atoms with E-state index in [0.717, 1.165) is 49.0 Å². The molecule has 0 aromatic carbocycles. The molecule has 6 nitrogen and oxygen atoms in total. The van der Waals surface area contributed by atoms with Gasteiger partial charge in [-0.2, -0.15) is 4.98 Å². The lowest BCUT2D eigenvalue weighted by molar-refractivity contribution is 0.199. The molecule has 0 radical (unpaired) electrons. The van der Waals surface area contributed by atoms with Crippen molar-refractivity contribution in [2.24, 2.45) is 0 Å². The van der Waals surface area contributed by atoms with Crippen LogP contribution in [0.2, 0.25) is 0 Å². The van der Waals surface area contributed by atoms with Crippen molar-refractivity contribution < 1.29 is 4.52 Å². The van der Waals surface area contributed by atoms with Crippen molar-refractivity contribution in [3.05, 3.63) is 47.5 Å². The van der Waals surface area contributed by atoms with Crippen LogP contribution in [0.1, 0.15) is 61.6 Å². The van der Waals surface area contributed by atoms with E-state index in [1.54, 1.807) is 0 Å². The molecule has 1 saturated heterocycles. The van der Waals surface area contributed by atoms with Gasteiger partial charge in [0.15, 0.2) is 5.82 Å². The lowest BCUT2D eigenvalue weighted by Gasteiger charge is -2.20. The molecule has 1 aliphatic rings. The predicted octanol–water partition coefficient (Wildman–Crippen LogP) is 3.49. The van der Waals surface area contributed by atoms with Gasteiger partial charge in [0.25, 0.3) is 0 Å². The fraction of sp³-hybridized carbons (Fsp3) is 0.500. The molecular weight excluding hydrogens is 302 g/mol. The van der Waals surface area contributed by atoms with Gasteiger partial charge >= 0.3 is 0 Å². The first-order valence-corrected chi connectivity index (χ1v) is 8.62. The molecule has 3 aromatic rings. The topological polar surface area (TPSA) is 59.5 Å². The molecule has 3 aromatic heterocycles. The van der Waals surface area contributed by atoms with Crippen molar-refractivity contribution in [1.82, 2.24) is 24.4 Å². The van der Waals surface area contributed by atoms with Gasteiger partial charge in [-0.05, 0) is 44.0 Å². The highest BCUT2D eigenvalue weighted by Crippen LogP contribution is 2.32. The number of aryl methyl sites for hydroxylation is 1. The van der Waals surface area contributed by atoms with Gasteiger partial charge in [-0.1, -0.05) is 19.0 Å². The summed E-state index contributed by atoms with van der Waals surface area (Å²) in [5.41, 5.74) is 3.31. The maximum atomic E-state index is 5.52. The average Bonchev–Trinajstić information content (AvgIpc) is 3.24. The Bertz CT molecular complexity index is 850. The van der Waals surface area contributed by atoms with Crippen LogP contribution >= 0.6 is 0 Å². The summed E-state index contributed by atoms with van der Waals surface area (Å²) in [5, 5.41) is 4.11. The van der Waals surface area contributed by atoms with Gasteiger partial charge in [0.2, 0.25) is 5.89 Å². The molecule has 0 N–H and O–H groups in total. The summed E-state index contributed by atoms with van der Waals surface area (Å²) >= 11 is 0. The molecule has 0 spiro atoms. The first-order chi connectivity index (χ1) is 11.6. The maximum absolute atomic E-state index is 5.52. The first-order valence-electron chi connectivity index (χ1n) is 8.62. The van der Waals surface area contributed by atoms with Crippen LogP contribution in [0.4, 0.5) is 0 Å². The average molecular weight is 325 g/mol. The van der Waals surface area contributed by atoms with Crippen LogP contribution in [-0.2, 0) is 6.54 Å². The van der Waals surface area contributed by atoms with E-state index < -0.39 is 0 Å². The Morgan fingerprint density at radius 1 is 1.33 bits per heavy atom. The predicted molar refractivity (Wildman–Crippen MR) is 90.7 cm³/mol. The van der Waals surface area contributed by atoms with Crippen LogP contribution in [0.15, 0.2) is 29.0 Å². The quantitative estimate of drug-likeness (QED) is 0.735. The number of imidazole rings is 1. The minimum atomic E-state index is 0.205. The van der Waals surface area contributed by atoms with E-state index in [0.29, 0.717) is 5.92 Å². The van der Waals surface area contributed by atoms with Gasteiger partial charge in [-0.25, -0.2) is 4.98 Å². The van der Waals surface area contributed by atoms with Crippen LogP contribution in [0.3, 0.4) is 0 Å². The summed E-state index contributed by atoms with van der Waals surface area (Å²) in [7, 11) is 0. The van der Waals surface area contributed by atoms with Crippen molar-refractivity contribution in [3.8, 4) is 0 Å². The smallest absolute Gasteiger partial charge is 0.244 e. The number of pyridine rings is 1. The fourth-order valence-corrected chi connectivity index (χ4v) is 3.33. The van der Waals surface area contributed by atoms with Crippen LogP contribution in [0.5, 0.6) is 0 Å². The van der Waals surface area contributed by atoms with Crippen LogP contribution in [-0.4, -0.2) is 31.0 Å². The normalized spacial score (nSPS) is 18.9. The molecule has 1 fully saturated rings. The molecule has 1 aliphatic heterocycles. The second kappa shape index (κ2) is 6.02. The highest BCUT2D eigenvalue weighted by atomic mass is 16.5. The van der Waals surface area contributed by atoms with E-state index in [-0.39, 0.29) is 6.04 Å². The Morgan fingerprint density at radius 3 is 3.00 bits per heavy atom. The van der Waals surface area contributed by atoms with Gasteiger partial charge in [0.1, 0.15) is 5.65 Å². The molecular formula is C18H23N5O. The van der Waals surface area contributed by atoms with Gasteiger partial charge in [0.05, 0.1) is 11.7 Å². The largest absolute Gasteiger partial charge is 0.338 e. The summed E-state index contributed by atoms with van der Waals surface area (Å²) in [6.45, 7) is 8.11. The van der Waals surface area contributed by atoms with Crippen molar-refractivity contribution in [1.29, 1.82) is 0 Å². The number of hydrogen-bond donors (Lipinski definition) is 0. The minimum Gasteiger partial charge on any atom is -0.338 e. The maximum Gasteiger partial charge on any atom is 0.244 e. The first kappa shape index (κ1) is 15.3. The molecule has 4 heterocycles. The monoisotopic (exact) mass is 325 g/mol. The summed E-state index contributed by atoms with van der Waals surface area (Å²) in [6, 6.07) is 4.41. The molecule has 0 unspecified atom stereocenters. The number of nitrogens with zero attached hydrogens (tertiary/aromatic N) is 5. The molecule has 0 amide bonds.